The second kappa shape index (κ2) is 11.9. The molecule has 37 heavy (non-hydrogen) atoms. The molecular weight excluding hydrogens is 488 g/mol. The molecule has 0 fully saturated rings. The number of rotatable bonds is 9. The molecule has 0 spiro atoms. The van der Waals surface area contributed by atoms with Crippen molar-refractivity contribution in [3.63, 3.8) is 0 Å². The fraction of sp³-hybridized carbons (Fsp3) is 0.207. The highest BCUT2D eigenvalue weighted by molar-refractivity contribution is 6.33. The van der Waals surface area contributed by atoms with Crippen molar-refractivity contribution in [2.24, 2.45) is 0 Å². The van der Waals surface area contributed by atoms with Gasteiger partial charge in [0.05, 0.1) is 23.9 Å². The number of aromatic nitrogens is 2. The van der Waals surface area contributed by atoms with Gasteiger partial charge in [-0.3, -0.25) is 4.79 Å². The number of hydrogen-bond donors (Lipinski definition) is 1. The largest absolute Gasteiger partial charge is 0.489 e. The highest BCUT2D eigenvalue weighted by Crippen LogP contribution is 2.30. The van der Waals surface area contributed by atoms with Crippen molar-refractivity contribution in [1.82, 2.24) is 14.9 Å². The van der Waals surface area contributed by atoms with Crippen LogP contribution in [0.4, 0.5) is 5.95 Å². The molecule has 0 radical (unpaired) electrons. The van der Waals surface area contributed by atoms with E-state index in [0.717, 1.165) is 5.56 Å². The molecule has 3 aromatic carbocycles. The third-order valence-corrected chi connectivity index (χ3v) is 6.15. The van der Waals surface area contributed by atoms with Crippen LogP contribution in [0.2, 0.25) is 5.02 Å². The van der Waals surface area contributed by atoms with Crippen molar-refractivity contribution >= 4 is 23.5 Å². The Morgan fingerprint density at radius 1 is 1.00 bits per heavy atom. The van der Waals surface area contributed by atoms with E-state index in [4.69, 9.17) is 16.3 Å². The quantitative estimate of drug-likeness (QED) is 0.327. The van der Waals surface area contributed by atoms with Crippen LogP contribution in [0.3, 0.4) is 0 Å². The average molecular weight is 517 g/mol. The van der Waals surface area contributed by atoms with E-state index < -0.39 is 6.10 Å². The highest BCUT2D eigenvalue weighted by atomic mass is 35.5. The molecule has 1 atom stereocenters. The van der Waals surface area contributed by atoms with Gasteiger partial charge in [-0.1, -0.05) is 72.3 Å². The van der Waals surface area contributed by atoms with Crippen molar-refractivity contribution in [1.29, 1.82) is 0 Å². The van der Waals surface area contributed by atoms with E-state index in [9.17, 15) is 9.90 Å². The molecule has 4 aromatic rings. The minimum absolute atomic E-state index is 0.0678. The van der Waals surface area contributed by atoms with Crippen molar-refractivity contribution in [2.75, 3.05) is 32.6 Å². The summed E-state index contributed by atoms with van der Waals surface area (Å²) in [6, 6.07) is 24.3. The lowest BCUT2D eigenvalue weighted by molar-refractivity contribution is 0.0680. The van der Waals surface area contributed by atoms with Gasteiger partial charge in [-0.15, -0.1) is 0 Å². The summed E-state index contributed by atoms with van der Waals surface area (Å²) in [7, 11) is 5.29. The number of anilines is 1. The molecule has 1 heterocycles. The third-order valence-electron chi connectivity index (χ3n) is 5.82. The Hall–Kier alpha value is -3.94. The van der Waals surface area contributed by atoms with E-state index in [1.165, 1.54) is 11.1 Å². The molecule has 8 heteroatoms. The second-order valence-electron chi connectivity index (χ2n) is 8.85. The molecule has 1 aromatic heterocycles. The predicted molar refractivity (Wildman–Crippen MR) is 146 cm³/mol. The average Bonchev–Trinajstić information content (AvgIpc) is 2.92. The van der Waals surface area contributed by atoms with Crippen LogP contribution in [-0.2, 0) is 6.61 Å². The number of ether oxygens (including phenoxy) is 1. The van der Waals surface area contributed by atoms with Crippen molar-refractivity contribution in [3.05, 3.63) is 107 Å². The van der Waals surface area contributed by atoms with Crippen LogP contribution in [-0.4, -0.2) is 53.6 Å². The molecule has 0 saturated heterocycles. The maximum absolute atomic E-state index is 13.5. The molecule has 0 aliphatic heterocycles. The van der Waals surface area contributed by atoms with Gasteiger partial charge in [0.1, 0.15) is 12.4 Å². The Morgan fingerprint density at radius 3 is 2.46 bits per heavy atom. The molecular formula is C29H29ClN4O3. The van der Waals surface area contributed by atoms with Crippen LogP contribution >= 0.6 is 11.6 Å². The van der Waals surface area contributed by atoms with Gasteiger partial charge in [-0.25, -0.2) is 9.97 Å². The monoisotopic (exact) mass is 516 g/mol. The summed E-state index contributed by atoms with van der Waals surface area (Å²) in [5.41, 5.74) is 3.07. The third kappa shape index (κ3) is 6.44. The summed E-state index contributed by atoms with van der Waals surface area (Å²) in [6.45, 7) is 0.491. The van der Waals surface area contributed by atoms with Gasteiger partial charge in [-0.2, -0.15) is 0 Å². The summed E-state index contributed by atoms with van der Waals surface area (Å²) in [6.07, 6.45) is 0.588. The van der Waals surface area contributed by atoms with E-state index in [-0.39, 0.29) is 12.5 Å². The molecule has 1 amide bonds. The lowest BCUT2D eigenvalue weighted by Crippen LogP contribution is -2.32. The van der Waals surface area contributed by atoms with Crippen LogP contribution < -0.4 is 9.64 Å². The van der Waals surface area contributed by atoms with Crippen LogP contribution in [0.15, 0.2) is 85.1 Å². The molecule has 1 unspecified atom stereocenters. The number of carbonyl (C=O) groups is 1. The van der Waals surface area contributed by atoms with E-state index in [2.05, 4.69) is 9.97 Å². The topological polar surface area (TPSA) is 78.8 Å². The minimum atomic E-state index is -0.917. The van der Waals surface area contributed by atoms with Gasteiger partial charge < -0.3 is 19.6 Å². The van der Waals surface area contributed by atoms with Crippen LogP contribution in [0.1, 0.15) is 27.6 Å². The Bertz CT molecular complexity index is 1360. The van der Waals surface area contributed by atoms with Gasteiger partial charge in [0.15, 0.2) is 0 Å². The molecule has 1 N–H and O–H groups in total. The maximum Gasteiger partial charge on any atom is 0.257 e. The Balaban J connectivity index is 1.51. The number of aliphatic hydroxyl groups is 1. The highest BCUT2D eigenvalue weighted by Gasteiger charge is 2.23. The number of nitrogens with zero attached hydrogens (tertiary/aromatic N) is 4. The van der Waals surface area contributed by atoms with Gasteiger partial charge in [0.25, 0.3) is 5.91 Å². The Labute approximate surface area is 221 Å². The lowest BCUT2D eigenvalue weighted by Gasteiger charge is -2.23. The standard InChI is InChI=1S/C29H29ClN4O3/c1-33(2)29-31-17-24(27(32-29)23-14-7-8-15-25(23)30)28(36)34(3)18-26(35)21-12-9-13-22(16-21)37-19-20-10-5-4-6-11-20/h4-17,26,35H,18-19H2,1-3H3. The zero-order valence-corrected chi connectivity index (χ0v) is 21.8. The number of halogens is 1. The number of hydrogen-bond acceptors (Lipinski definition) is 6. The molecule has 0 aliphatic rings. The Kier molecular flexibility index (Phi) is 8.38. The van der Waals surface area contributed by atoms with Crippen molar-refractivity contribution < 1.29 is 14.6 Å². The predicted octanol–water partition coefficient (Wildman–Crippen LogP) is 5.25. The summed E-state index contributed by atoms with van der Waals surface area (Å²) in [5.74, 6) is 0.778. The van der Waals surface area contributed by atoms with E-state index in [0.29, 0.717) is 45.7 Å². The summed E-state index contributed by atoms with van der Waals surface area (Å²) in [4.78, 5) is 25.6. The maximum atomic E-state index is 13.5. The summed E-state index contributed by atoms with van der Waals surface area (Å²) >= 11 is 6.44. The SMILES string of the molecule is CN(CC(O)c1cccc(OCc2ccccc2)c1)C(=O)c1cnc(N(C)C)nc1-c1ccccc1Cl. The van der Waals surface area contributed by atoms with Crippen LogP contribution in [0.25, 0.3) is 11.3 Å². The molecule has 4 rings (SSSR count). The first-order chi connectivity index (χ1) is 17.8. The first-order valence-electron chi connectivity index (χ1n) is 11.8. The normalized spacial score (nSPS) is 11.6. The molecule has 7 nitrogen and oxygen atoms in total. The number of aliphatic hydroxyl groups excluding tert-OH is 1. The molecule has 0 saturated carbocycles. The zero-order chi connectivity index (χ0) is 26.4. The minimum Gasteiger partial charge on any atom is -0.489 e. The van der Waals surface area contributed by atoms with Gasteiger partial charge >= 0.3 is 0 Å². The van der Waals surface area contributed by atoms with E-state index >= 15 is 0 Å². The van der Waals surface area contributed by atoms with E-state index in [1.54, 1.807) is 24.1 Å². The smallest absolute Gasteiger partial charge is 0.257 e. The fourth-order valence-corrected chi connectivity index (χ4v) is 4.03. The van der Waals surface area contributed by atoms with E-state index in [1.807, 2.05) is 80.8 Å². The second-order valence-corrected chi connectivity index (χ2v) is 9.26. The number of benzene rings is 3. The summed E-state index contributed by atoms with van der Waals surface area (Å²) < 4.78 is 5.89. The van der Waals surface area contributed by atoms with Crippen molar-refractivity contribution in [2.45, 2.75) is 12.7 Å². The first kappa shape index (κ1) is 26.1. The molecule has 0 aliphatic carbocycles. The molecule has 190 valence electrons. The number of amides is 1. The number of carbonyl (C=O) groups excluding carboxylic acids is 1. The fourth-order valence-electron chi connectivity index (χ4n) is 3.81. The molecule has 0 bridgehead atoms. The number of likely N-dealkylation sites (N-methyl/N-ethyl adjacent to an activating group) is 1. The van der Waals surface area contributed by atoms with Gasteiger partial charge in [-0.05, 0) is 29.3 Å². The summed E-state index contributed by atoms with van der Waals surface area (Å²) in [5, 5.41) is 11.4. The lowest BCUT2D eigenvalue weighted by atomic mass is 10.1. The van der Waals surface area contributed by atoms with Crippen molar-refractivity contribution in [3.8, 4) is 17.0 Å². The van der Waals surface area contributed by atoms with Gasteiger partial charge in [0.2, 0.25) is 5.95 Å². The van der Waals surface area contributed by atoms with Crippen LogP contribution in [0.5, 0.6) is 5.75 Å². The van der Waals surface area contributed by atoms with Crippen LogP contribution in [0, 0.1) is 0 Å². The first-order valence-corrected chi connectivity index (χ1v) is 12.2. The van der Waals surface area contributed by atoms with Gasteiger partial charge in [0, 0.05) is 37.9 Å². The zero-order valence-electron chi connectivity index (χ0n) is 21.0. The Morgan fingerprint density at radius 2 is 1.73 bits per heavy atom.